The van der Waals surface area contributed by atoms with E-state index < -0.39 is 29.8 Å². The predicted molar refractivity (Wildman–Crippen MR) is 109 cm³/mol. The van der Waals surface area contributed by atoms with Crippen molar-refractivity contribution in [1.82, 2.24) is 5.32 Å². The molecule has 1 aromatic carbocycles. The molecule has 1 amide bonds. The summed E-state index contributed by atoms with van der Waals surface area (Å²) < 4.78 is 16.6. The molecular weight excluding hydrogens is 358 g/mol. The van der Waals surface area contributed by atoms with Gasteiger partial charge in [0.2, 0.25) is 0 Å². The lowest BCUT2D eigenvalue weighted by molar-refractivity contribution is -0.158. The highest BCUT2D eigenvalue weighted by Gasteiger charge is 2.27. The molecule has 0 aliphatic rings. The zero-order valence-electron chi connectivity index (χ0n) is 17.8. The average Bonchev–Trinajstić information content (AvgIpc) is 2.58. The van der Waals surface area contributed by atoms with Crippen LogP contribution in [0.2, 0.25) is 0 Å². The second kappa shape index (κ2) is 10.9. The number of alkyl carbamates (subject to hydrolysis) is 1. The monoisotopic (exact) mass is 391 g/mol. The summed E-state index contributed by atoms with van der Waals surface area (Å²) in [4.78, 5) is 24.4. The number of hydrogen-bond acceptors (Lipinski definition) is 5. The van der Waals surface area contributed by atoms with Gasteiger partial charge < -0.3 is 19.5 Å². The number of hydrogen-bond donors (Lipinski definition) is 1. The van der Waals surface area contributed by atoms with Gasteiger partial charge in [-0.1, -0.05) is 42.5 Å². The van der Waals surface area contributed by atoms with Gasteiger partial charge in [0.1, 0.15) is 17.7 Å². The second-order valence-corrected chi connectivity index (χ2v) is 8.01. The molecule has 0 bridgehead atoms. The SMILES string of the molecule is C=C(C)CO[C@@H](C)[C@@H](Cc1ccccc1)OC(=O)[C@H](C)NC(=O)OC(C)(C)C. The quantitative estimate of drug-likeness (QED) is 0.508. The summed E-state index contributed by atoms with van der Waals surface area (Å²) in [5, 5.41) is 2.50. The molecule has 1 aromatic rings. The maximum absolute atomic E-state index is 12.5. The Bertz CT molecular complexity index is 651. The molecule has 0 aliphatic heterocycles. The van der Waals surface area contributed by atoms with E-state index in [0.717, 1.165) is 11.1 Å². The van der Waals surface area contributed by atoms with Crippen LogP contribution in [0.15, 0.2) is 42.5 Å². The zero-order chi connectivity index (χ0) is 21.3. The summed E-state index contributed by atoms with van der Waals surface area (Å²) in [7, 11) is 0. The highest BCUT2D eigenvalue weighted by Crippen LogP contribution is 2.14. The number of amides is 1. The van der Waals surface area contributed by atoms with E-state index >= 15 is 0 Å². The normalized spacial score (nSPS) is 14.5. The van der Waals surface area contributed by atoms with Crippen molar-refractivity contribution in [3.8, 4) is 0 Å². The van der Waals surface area contributed by atoms with E-state index in [9.17, 15) is 9.59 Å². The Balaban J connectivity index is 2.75. The van der Waals surface area contributed by atoms with Gasteiger partial charge in [-0.25, -0.2) is 9.59 Å². The second-order valence-electron chi connectivity index (χ2n) is 8.01. The van der Waals surface area contributed by atoms with Crippen LogP contribution in [-0.2, 0) is 25.4 Å². The molecule has 0 saturated heterocycles. The van der Waals surface area contributed by atoms with E-state index in [1.807, 2.05) is 44.2 Å². The largest absolute Gasteiger partial charge is 0.458 e. The fourth-order valence-corrected chi connectivity index (χ4v) is 2.33. The van der Waals surface area contributed by atoms with Crippen molar-refractivity contribution in [2.24, 2.45) is 0 Å². The van der Waals surface area contributed by atoms with Crippen molar-refractivity contribution < 1.29 is 23.8 Å². The third-order valence-electron chi connectivity index (χ3n) is 3.75. The fraction of sp³-hybridized carbons (Fsp3) is 0.545. The molecule has 0 saturated carbocycles. The Morgan fingerprint density at radius 3 is 2.29 bits per heavy atom. The molecule has 0 spiro atoms. The van der Waals surface area contributed by atoms with E-state index in [-0.39, 0.29) is 6.10 Å². The van der Waals surface area contributed by atoms with Crippen molar-refractivity contribution in [2.75, 3.05) is 6.61 Å². The van der Waals surface area contributed by atoms with Crippen LogP contribution in [0, 0.1) is 0 Å². The molecular formula is C22H33NO5. The lowest BCUT2D eigenvalue weighted by Gasteiger charge is -2.27. The molecule has 0 heterocycles. The van der Waals surface area contributed by atoms with Crippen LogP contribution in [0.1, 0.15) is 47.1 Å². The van der Waals surface area contributed by atoms with Gasteiger partial charge in [0.15, 0.2) is 0 Å². The van der Waals surface area contributed by atoms with Gasteiger partial charge in [0.25, 0.3) is 0 Å². The number of esters is 1. The predicted octanol–water partition coefficient (Wildman–Crippen LogP) is 4.04. The topological polar surface area (TPSA) is 73.9 Å². The van der Waals surface area contributed by atoms with Crippen LogP contribution >= 0.6 is 0 Å². The molecule has 0 aromatic heterocycles. The minimum Gasteiger partial charge on any atom is -0.458 e. The van der Waals surface area contributed by atoms with Crippen LogP contribution in [0.3, 0.4) is 0 Å². The van der Waals surface area contributed by atoms with Gasteiger partial charge in [-0.2, -0.15) is 0 Å². The van der Waals surface area contributed by atoms with Gasteiger partial charge in [-0.05, 0) is 47.1 Å². The van der Waals surface area contributed by atoms with Crippen LogP contribution in [0.25, 0.3) is 0 Å². The number of rotatable bonds is 9. The Morgan fingerprint density at radius 1 is 1.14 bits per heavy atom. The molecule has 1 N–H and O–H groups in total. The van der Waals surface area contributed by atoms with Crippen LogP contribution < -0.4 is 5.32 Å². The van der Waals surface area contributed by atoms with Crippen molar-refractivity contribution in [3.63, 3.8) is 0 Å². The van der Waals surface area contributed by atoms with E-state index in [0.29, 0.717) is 13.0 Å². The summed E-state index contributed by atoms with van der Waals surface area (Å²) in [6.07, 6.45) is -1.00. The first-order valence-electron chi connectivity index (χ1n) is 9.48. The smallest absolute Gasteiger partial charge is 0.408 e. The lowest BCUT2D eigenvalue weighted by atomic mass is 10.0. The minimum atomic E-state index is -0.846. The summed E-state index contributed by atoms with van der Waals surface area (Å²) >= 11 is 0. The Morgan fingerprint density at radius 2 is 1.75 bits per heavy atom. The number of carbonyl (C=O) groups is 2. The Hall–Kier alpha value is -2.34. The van der Waals surface area contributed by atoms with Gasteiger partial charge in [0, 0.05) is 6.42 Å². The van der Waals surface area contributed by atoms with Gasteiger partial charge >= 0.3 is 12.1 Å². The molecule has 28 heavy (non-hydrogen) atoms. The fourth-order valence-electron chi connectivity index (χ4n) is 2.33. The number of benzene rings is 1. The van der Waals surface area contributed by atoms with Gasteiger partial charge in [0.05, 0.1) is 12.7 Å². The maximum atomic E-state index is 12.5. The number of nitrogens with one attached hydrogen (secondary N) is 1. The van der Waals surface area contributed by atoms with Crippen molar-refractivity contribution >= 4 is 12.1 Å². The van der Waals surface area contributed by atoms with Crippen LogP contribution in [-0.4, -0.2) is 42.5 Å². The maximum Gasteiger partial charge on any atom is 0.408 e. The van der Waals surface area contributed by atoms with E-state index in [4.69, 9.17) is 14.2 Å². The van der Waals surface area contributed by atoms with E-state index in [1.54, 1.807) is 27.7 Å². The van der Waals surface area contributed by atoms with Crippen LogP contribution in [0.5, 0.6) is 0 Å². The van der Waals surface area contributed by atoms with E-state index in [2.05, 4.69) is 11.9 Å². The third-order valence-corrected chi connectivity index (χ3v) is 3.75. The molecule has 0 unspecified atom stereocenters. The molecule has 156 valence electrons. The molecule has 6 heteroatoms. The van der Waals surface area contributed by atoms with Gasteiger partial charge in [-0.15, -0.1) is 0 Å². The minimum absolute atomic E-state index is 0.338. The van der Waals surface area contributed by atoms with Crippen molar-refractivity contribution in [3.05, 3.63) is 48.0 Å². The van der Waals surface area contributed by atoms with Crippen LogP contribution in [0.4, 0.5) is 4.79 Å². The summed E-state index contributed by atoms with van der Waals surface area (Å²) in [6.45, 7) is 14.8. The van der Waals surface area contributed by atoms with Crippen molar-refractivity contribution in [1.29, 1.82) is 0 Å². The molecule has 6 nitrogen and oxygen atoms in total. The molecule has 0 fully saturated rings. The molecule has 0 radical (unpaired) electrons. The Kier molecular flexibility index (Phi) is 9.19. The van der Waals surface area contributed by atoms with Crippen molar-refractivity contribution in [2.45, 2.75) is 71.8 Å². The number of ether oxygens (including phenoxy) is 3. The lowest BCUT2D eigenvalue weighted by Crippen LogP contribution is -2.45. The Labute approximate surface area is 168 Å². The first kappa shape index (κ1) is 23.7. The molecule has 3 atom stereocenters. The van der Waals surface area contributed by atoms with E-state index in [1.165, 1.54) is 0 Å². The summed E-state index contributed by atoms with van der Waals surface area (Å²) in [5.41, 5.74) is 1.27. The summed E-state index contributed by atoms with van der Waals surface area (Å²) in [6, 6.07) is 8.88. The highest BCUT2D eigenvalue weighted by molar-refractivity contribution is 5.81. The first-order valence-corrected chi connectivity index (χ1v) is 9.48. The highest BCUT2D eigenvalue weighted by atomic mass is 16.6. The number of carbonyl (C=O) groups excluding carboxylic acids is 2. The first-order chi connectivity index (χ1) is 13.0. The zero-order valence-corrected chi connectivity index (χ0v) is 17.8. The average molecular weight is 392 g/mol. The molecule has 1 rings (SSSR count). The van der Waals surface area contributed by atoms with Gasteiger partial charge in [-0.3, -0.25) is 0 Å². The standard InChI is InChI=1S/C22H33NO5/c1-15(2)14-26-17(4)19(13-18-11-9-8-10-12-18)27-20(24)16(3)23-21(25)28-22(5,6)7/h8-12,16-17,19H,1,13-14H2,2-7H3,(H,23,25)/t16-,17-,19+/m0/s1. The third kappa shape index (κ3) is 9.55. The summed E-state index contributed by atoms with van der Waals surface area (Å²) in [5.74, 6) is -0.544. The molecule has 0 aliphatic carbocycles.